The van der Waals surface area contributed by atoms with Crippen molar-refractivity contribution in [3.63, 3.8) is 0 Å². The Balaban J connectivity index is 1.63. The third-order valence-corrected chi connectivity index (χ3v) is 5.74. The van der Waals surface area contributed by atoms with Crippen LogP contribution < -0.4 is 0 Å². The molecule has 0 bridgehead atoms. The second-order valence-electron chi connectivity index (χ2n) is 6.61. The van der Waals surface area contributed by atoms with E-state index in [1.165, 1.54) is 11.3 Å². The molecule has 25 heavy (non-hydrogen) atoms. The molecule has 0 aromatic carbocycles. The van der Waals surface area contributed by atoms with Gasteiger partial charge in [-0.25, -0.2) is 0 Å². The van der Waals surface area contributed by atoms with Crippen molar-refractivity contribution in [2.75, 3.05) is 40.0 Å². The zero-order valence-corrected chi connectivity index (χ0v) is 15.5. The number of thiophene rings is 1. The van der Waals surface area contributed by atoms with E-state index in [4.69, 9.17) is 9.47 Å². The Morgan fingerprint density at radius 2 is 1.92 bits per heavy atom. The molecule has 0 unspecified atom stereocenters. The van der Waals surface area contributed by atoms with Gasteiger partial charge in [0.05, 0.1) is 5.56 Å². The Labute approximate surface area is 152 Å². The highest BCUT2D eigenvalue weighted by molar-refractivity contribution is 7.08. The van der Waals surface area contributed by atoms with E-state index in [2.05, 4.69) is 0 Å². The van der Waals surface area contributed by atoms with Gasteiger partial charge in [-0.1, -0.05) is 0 Å². The number of hydrogen-bond acceptors (Lipinski definition) is 5. The predicted octanol–water partition coefficient (Wildman–Crippen LogP) is 2.01. The van der Waals surface area contributed by atoms with Crippen molar-refractivity contribution in [3.8, 4) is 0 Å². The molecule has 0 radical (unpaired) electrons. The van der Waals surface area contributed by atoms with E-state index < -0.39 is 0 Å². The molecule has 2 aliphatic heterocycles. The first-order chi connectivity index (χ1) is 12.2. The van der Waals surface area contributed by atoms with Crippen molar-refractivity contribution in [1.29, 1.82) is 0 Å². The standard InChI is InChI=1S/C18H26N2O4S/c1-23-12-17(21)20(16-4-9-24-10-5-16)15-2-7-19(8-3-15)18(22)14-6-11-25-13-14/h6,11,13,15-16H,2-5,7-10,12H2,1H3. The maximum atomic E-state index is 12.6. The first-order valence-corrected chi connectivity index (χ1v) is 9.84. The number of carbonyl (C=O) groups excluding carboxylic acids is 2. The van der Waals surface area contributed by atoms with Crippen molar-refractivity contribution < 1.29 is 19.1 Å². The summed E-state index contributed by atoms with van der Waals surface area (Å²) < 4.78 is 10.5. The van der Waals surface area contributed by atoms with Gasteiger partial charge in [0.15, 0.2) is 0 Å². The third-order valence-electron chi connectivity index (χ3n) is 5.05. The molecule has 0 saturated carbocycles. The van der Waals surface area contributed by atoms with Crippen molar-refractivity contribution >= 4 is 23.2 Å². The smallest absolute Gasteiger partial charge is 0.254 e. The van der Waals surface area contributed by atoms with E-state index in [1.807, 2.05) is 26.6 Å². The normalized spacial score (nSPS) is 19.8. The molecule has 0 atom stereocenters. The fourth-order valence-electron chi connectivity index (χ4n) is 3.78. The van der Waals surface area contributed by atoms with Gasteiger partial charge in [-0.3, -0.25) is 9.59 Å². The van der Waals surface area contributed by atoms with E-state index in [9.17, 15) is 9.59 Å². The Morgan fingerprint density at radius 3 is 2.52 bits per heavy atom. The van der Waals surface area contributed by atoms with Crippen LogP contribution in [0.5, 0.6) is 0 Å². The van der Waals surface area contributed by atoms with Crippen molar-refractivity contribution in [2.24, 2.45) is 0 Å². The highest BCUT2D eigenvalue weighted by atomic mass is 32.1. The Hall–Kier alpha value is -1.44. The lowest BCUT2D eigenvalue weighted by molar-refractivity contribution is -0.143. The summed E-state index contributed by atoms with van der Waals surface area (Å²) in [6.45, 7) is 2.91. The van der Waals surface area contributed by atoms with E-state index in [1.54, 1.807) is 7.11 Å². The number of nitrogens with zero attached hydrogens (tertiary/aromatic N) is 2. The molecule has 3 heterocycles. The average molecular weight is 366 g/mol. The quantitative estimate of drug-likeness (QED) is 0.800. The average Bonchev–Trinajstić information content (AvgIpc) is 3.18. The lowest BCUT2D eigenvalue weighted by atomic mass is 9.97. The summed E-state index contributed by atoms with van der Waals surface area (Å²) in [6, 6.07) is 2.27. The topological polar surface area (TPSA) is 59.1 Å². The highest BCUT2D eigenvalue weighted by Crippen LogP contribution is 2.25. The van der Waals surface area contributed by atoms with Gasteiger partial charge in [0.2, 0.25) is 5.91 Å². The Bertz CT molecular complexity index is 564. The molecular weight excluding hydrogens is 340 g/mol. The van der Waals surface area contributed by atoms with Gasteiger partial charge in [0.25, 0.3) is 5.91 Å². The van der Waals surface area contributed by atoms with Crippen LogP contribution in [0.15, 0.2) is 16.8 Å². The Morgan fingerprint density at radius 1 is 1.24 bits per heavy atom. The van der Waals surface area contributed by atoms with Gasteiger partial charge in [-0.2, -0.15) is 11.3 Å². The minimum absolute atomic E-state index is 0.0528. The molecule has 2 saturated heterocycles. The molecule has 3 rings (SSSR count). The molecule has 2 aliphatic rings. The largest absolute Gasteiger partial charge is 0.381 e. The van der Waals surface area contributed by atoms with E-state index >= 15 is 0 Å². The number of rotatable bonds is 5. The number of hydrogen-bond donors (Lipinski definition) is 0. The summed E-state index contributed by atoms with van der Waals surface area (Å²) in [6.07, 6.45) is 3.40. The van der Waals surface area contributed by atoms with Crippen LogP contribution in [0.1, 0.15) is 36.0 Å². The van der Waals surface area contributed by atoms with Crippen LogP contribution >= 0.6 is 11.3 Å². The second-order valence-corrected chi connectivity index (χ2v) is 7.39. The van der Waals surface area contributed by atoms with Crippen LogP contribution in [0.25, 0.3) is 0 Å². The fourth-order valence-corrected chi connectivity index (χ4v) is 4.41. The number of carbonyl (C=O) groups is 2. The first kappa shape index (κ1) is 18.4. The molecule has 0 N–H and O–H groups in total. The summed E-state index contributed by atoms with van der Waals surface area (Å²) >= 11 is 1.54. The van der Waals surface area contributed by atoms with Gasteiger partial charge in [-0.15, -0.1) is 0 Å². The van der Waals surface area contributed by atoms with Crippen molar-refractivity contribution in [2.45, 2.75) is 37.8 Å². The molecule has 6 nitrogen and oxygen atoms in total. The molecule has 0 aliphatic carbocycles. The highest BCUT2D eigenvalue weighted by Gasteiger charge is 2.34. The predicted molar refractivity (Wildman–Crippen MR) is 95.8 cm³/mol. The van der Waals surface area contributed by atoms with Gasteiger partial charge in [0.1, 0.15) is 6.61 Å². The number of methoxy groups -OCH3 is 1. The molecule has 0 spiro atoms. The second kappa shape index (κ2) is 8.78. The summed E-state index contributed by atoms with van der Waals surface area (Å²) in [5.74, 6) is 0.151. The number of amides is 2. The van der Waals surface area contributed by atoms with Gasteiger partial charge in [0, 0.05) is 50.9 Å². The van der Waals surface area contributed by atoms with Crippen molar-refractivity contribution in [3.05, 3.63) is 22.4 Å². The van der Waals surface area contributed by atoms with Gasteiger partial charge < -0.3 is 19.3 Å². The maximum Gasteiger partial charge on any atom is 0.254 e. The molecule has 2 amide bonds. The lowest BCUT2D eigenvalue weighted by Crippen LogP contribution is -2.54. The van der Waals surface area contributed by atoms with Crippen LogP contribution in [-0.2, 0) is 14.3 Å². The van der Waals surface area contributed by atoms with Gasteiger partial charge >= 0.3 is 0 Å². The summed E-state index contributed by atoms with van der Waals surface area (Å²) in [5, 5.41) is 3.82. The maximum absolute atomic E-state index is 12.6. The monoisotopic (exact) mass is 366 g/mol. The van der Waals surface area contributed by atoms with Crippen LogP contribution in [0, 0.1) is 0 Å². The van der Waals surface area contributed by atoms with E-state index in [-0.39, 0.29) is 30.5 Å². The lowest BCUT2D eigenvalue weighted by Gasteiger charge is -2.43. The van der Waals surface area contributed by atoms with Crippen LogP contribution in [0.2, 0.25) is 0 Å². The van der Waals surface area contributed by atoms with Crippen LogP contribution in [0.3, 0.4) is 0 Å². The summed E-state index contributed by atoms with van der Waals surface area (Å²) in [7, 11) is 1.56. The number of piperidine rings is 1. The molecule has 7 heteroatoms. The van der Waals surface area contributed by atoms with E-state index in [0.717, 1.165) is 31.2 Å². The fraction of sp³-hybridized carbons (Fsp3) is 0.667. The number of likely N-dealkylation sites (tertiary alicyclic amines) is 1. The number of ether oxygens (including phenoxy) is 2. The Kier molecular flexibility index (Phi) is 6.45. The van der Waals surface area contributed by atoms with Crippen molar-refractivity contribution in [1.82, 2.24) is 9.80 Å². The molecular formula is C18H26N2O4S. The summed E-state index contributed by atoms with van der Waals surface area (Å²) in [4.78, 5) is 29.0. The molecule has 138 valence electrons. The SMILES string of the molecule is COCC(=O)N(C1CCOCC1)C1CCN(C(=O)c2ccsc2)CC1. The zero-order chi connectivity index (χ0) is 17.6. The molecule has 1 aromatic rings. The van der Waals surface area contributed by atoms with Crippen LogP contribution in [0.4, 0.5) is 0 Å². The van der Waals surface area contributed by atoms with E-state index in [0.29, 0.717) is 26.3 Å². The minimum Gasteiger partial charge on any atom is -0.381 e. The van der Waals surface area contributed by atoms with Gasteiger partial charge in [-0.05, 0) is 37.1 Å². The zero-order valence-electron chi connectivity index (χ0n) is 14.7. The first-order valence-electron chi connectivity index (χ1n) is 8.90. The molecule has 2 fully saturated rings. The minimum atomic E-state index is 0.0528. The third kappa shape index (κ3) is 4.40. The summed E-state index contributed by atoms with van der Waals surface area (Å²) in [5.41, 5.74) is 0.764. The van der Waals surface area contributed by atoms with Crippen LogP contribution in [-0.4, -0.2) is 73.7 Å². The molecule has 1 aromatic heterocycles.